The highest BCUT2D eigenvalue weighted by Gasteiger charge is 2.17. The van der Waals surface area contributed by atoms with Gasteiger partial charge in [0.15, 0.2) is 5.96 Å². The predicted octanol–water partition coefficient (Wildman–Crippen LogP) is 2.30. The fourth-order valence-electron chi connectivity index (χ4n) is 3.54. The Labute approximate surface area is 173 Å². The summed E-state index contributed by atoms with van der Waals surface area (Å²) in [6.07, 6.45) is 2.43. The molecule has 1 aliphatic heterocycles. The highest BCUT2D eigenvalue weighted by atomic mass is 16.5. The van der Waals surface area contributed by atoms with Gasteiger partial charge in [-0.05, 0) is 48.1 Å². The lowest BCUT2D eigenvalue weighted by molar-refractivity contribution is 0.0791. The fraction of sp³-hybridized carbons (Fsp3) is 0.435. The standard InChI is InChI=1S/C23H32N4O2/c1-29-22-8-6-18(7-9-22)10-13-25-23(24)26-16-19-4-2-3-5-20(19)17-27-14-11-21(28)12-15-27/h2-9,21,28H,10-17H2,1H3,(H3,24,25,26). The number of guanidine groups is 1. The summed E-state index contributed by atoms with van der Waals surface area (Å²) >= 11 is 0. The Morgan fingerprint density at radius 2 is 1.83 bits per heavy atom. The van der Waals surface area contributed by atoms with Crippen molar-refractivity contribution >= 4 is 5.96 Å². The van der Waals surface area contributed by atoms with Gasteiger partial charge in [-0.3, -0.25) is 4.90 Å². The lowest BCUT2D eigenvalue weighted by Crippen LogP contribution is -2.35. The molecule has 0 spiro atoms. The van der Waals surface area contributed by atoms with E-state index in [2.05, 4.69) is 45.5 Å². The van der Waals surface area contributed by atoms with Crippen molar-refractivity contribution in [2.75, 3.05) is 26.7 Å². The minimum absolute atomic E-state index is 0.144. The summed E-state index contributed by atoms with van der Waals surface area (Å²) < 4.78 is 5.18. The number of methoxy groups -OCH3 is 1. The number of aliphatic hydroxyl groups is 1. The van der Waals surface area contributed by atoms with E-state index >= 15 is 0 Å². The summed E-state index contributed by atoms with van der Waals surface area (Å²) in [5.74, 6) is 1.33. The van der Waals surface area contributed by atoms with Gasteiger partial charge in [0.2, 0.25) is 0 Å². The molecule has 0 unspecified atom stereocenters. The van der Waals surface area contributed by atoms with Crippen molar-refractivity contribution in [2.45, 2.75) is 38.5 Å². The molecule has 0 bridgehead atoms. The highest BCUT2D eigenvalue weighted by molar-refractivity contribution is 5.77. The van der Waals surface area contributed by atoms with Gasteiger partial charge in [0.25, 0.3) is 0 Å². The Hall–Kier alpha value is -2.57. The fourth-order valence-corrected chi connectivity index (χ4v) is 3.54. The number of nitrogens with zero attached hydrogens (tertiary/aromatic N) is 2. The van der Waals surface area contributed by atoms with Crippen molar-refractivity contribution in [1.82, 2.24) is 10.2 Å². The molecule has 2 aromatic carbocycles. The number of rotatable bonds is 8. The van der Waals surface area contributed by atoms with Gasteiger partial charge in [-0.25, -0.2) is 4.99 Å². The maximum Gasteiger partial charge on any atom is 0.188 e. The molecule has 0 atom stereocenters. The van der Waals surface area contributed by atoms with Crippen LogP contribution in [0.2, 0.25) is 0 Å². The molecule has 3 rings (SSSR count). The van der Waals surface area contributed by atoms with E-state index in [0.29, 0.717) is 12.5 Å². The zero-order valence-electron chi connectivity index (χ0n) is 17.2. The Morgan fingerprint density at radius 1 is 1.14 bits per heavy atom. The summed E-state index contributed by atoms with van der Waals surface area (Å²) in [6, 6.07) is 16.4. The molecule has 29 heavy (non-hydrogen) atoms. The van der Waals surface area contributed by atoms with E-state index in [9.17, 15) is 5.11 Å². The minimum atomic E-state index is -0.144. The lowest BCUT2D eigenvalue weighted by Gasteiger charge is -2.30. The molecule has 0 amide bonds. The maximum absolute atomic E-state index is 9.69. The third-order valence-electron chi connectivity index (χ3n) is 5.37. The van der Waals surface area contributed by atoms with Gasteiger partial charge in [0.05, 0.1) is 19.8 Å². The van der Waals surface area contributed by atoms with Gasteiger partial charge in [0.1, 0.15) is 5.75 Å². The van der Waals surface area contributed by atoms with Gasteiger partial charge in [-0.2, -0.15) is 0 Å². The monoisotopic (exact) mass is 396 g/mol. The number of ether oxygens (including phenoxy) is 1. The van der Waals surface area contributed by atoms with Crippen LogP contribution in [-0.4, -0.2) is 48.8 Å². The molecular weight excluding hydrogens is 364 g/mol. The van der Waals surface area contributed by atoms with E-state index in [4.69, 9.17) is 10.5 Å². The quantitative estimate of drug-likeness (QED) is 0.471. The largest absolute Gasteiger partial charge is 0.497 e. The van der Waals surface area contributed by atoms with Crippen LogP contribution >= 0.6 is 0 Å². The van der Waals surface area contributed by atoms with Crippen LogP contribution in [-0.2, 0) is 19.5 Å². The van der Waals surface area contributed by atoms with Crippen LogP contribution in [0.5, 0.6) is 5.75 Å². The topological polar surface area (TPSA) is 83.1 Å². The second-order valence-corrected chi connectivity index (χ2v) is 7.50. The molecule has 0 radical (unpaired) electrons. The summed E-state index contributed by atoms with van der Waals surface area (Å²) in [4.78, 5) is 6.92. The predicted molar refractivity (Wildman–Crippen MR) is 117 cm³/mol. The molecule has 1 aliphatic rings. The Morgan fingerprint density at radius 3 is 2.52 bits per heavy atom. The first-order valence-electron chi connectivity index (χ1n) is 10.3. The van der Waals surface area contributed by atoms with Gasteiger partial charge >= 0.3 is 0 Å². The number of likely N-dealkylation sites (tertiary alicyclic amines) is 1. The average molecular weight is 397 g/mol. The SMILES string of the molecule is COc1ccc(CCNC(N)=NCc2ccccc2CN2CCC(O)CC2)cc1. The third-order valence-corrected chi connectivity index (χ3v) is 5.37. The first kappa shape index (κ1) is 21.1. The summed E-state index contributed by atoms with van der Waals surface area (Å²) in [6.45, 7) is 4.07. The molecule has 6 heteroatoms. The van der Waals surface area contributed by atoms with Crippen molar-refractivity contribution in [1.29, 1.82) is 0 Å². The smallest absolute Gasteiger partial charge is 0.188 e. The molecule has 0 saturated carbocycles. The molecule has 1 heterocycles. The highest BCUT2D eigenvalue weighted by Crippen LogP contribution is 2.17. The van der Waals surface area contributed by atoms with E-state index in [1.54, 1.807) is 7.11 Å². The zero-order valence-corrected chi connectivity index (χ0v) is 17.2. The summed E-state index contributed by atoms with van der Waals surface area (Å²) in [7, 11) is 1.67. The van der Waals surface area contributed by atoms with Crippen LogP contribution in [0, 0.1) is 0 Å². The van der Waals surface area contributed by atoms with Gasteiger partial charge in [-0.15, -0.1) is 0 Å². The molecule has 0 aliphatic carbocycles. The number of aliphatic imine (C=N–C) groups is 1. The number of nitrogens with one attached hydrogen (secondary N) is 1. The Bertz CT molecular complexity index is 784. The van der Waals surface area contributed by atoms with Crippen molar-refractivity contribution in [2.24, 2.45) is 10.7 Å². The van der Waals surface area contributed by atoms with E-state index < -0.39 is 0 Å². The zero-order chi connectivity index (χ0) is 20.5. The molecule has 6 nitrogen and oxygen atoms in total. The second-order valence-electron chi connectivity index (χ2n) is 7.50. The van der Waals surface area contributed by atoms with E-state index in [0.717, 1.165) is 51.2 Å². The molecule has 4 N–H and O–H groups in total. The van der Waals surface area contributed by atoms with Crippen molar-refractivity contribution in [3.8, 4) is 5.75 Å². The van der Waals surface area contributed by atoms with E-state index in [1.165, 1.54) is 16.7 Å². The Balaban J connectivity index is 1.48. The Kier molecular flexibility index (Phi) is 7.90. The minimum Gasteiger partial charge on any atom is -0.497 e. The normalized spacial score (nSPS) is 16.0. The molecule has 2 aromatic rings. The van der Waals surface area contributed by atoms with Crippen LogP contribution in [0.4, 0.5) is 0 Å². The maximum atomic E-state index is 9.69. The third kappa shape index (κ3) is 6.76. The summed E-state index contributed by atoms with van der Waals surface area (Å²) in [5.41, 5.74) is 9.76. The van der Waals surface area contributed by atoms with Gasteiger partial charge < -0.3 is 20.9 Å². The molecule has 1 fully saturated rings. The summed E-state index contributed by atoms with van der Waals surface area (Å²) in [5, 5.41) is 12.9. The number of benzene rings is 2. The second kappa shape index (κ2) is 10.8. The van der Waals surface area contributed by atoms with Crippen LogP contribution in [0.25, 0.3) is 0 Å². The van der Waals surface area contributed by atoms with Gasteiger partial charge in [-0.1, -0.05) is 36.4 Å². The number of hydrogen-bond acceptors (Lipinski definition) is 4. The molecule has 156 valence electrons. The first-order chi connectivity index (χ1) is 14.1. The van der Waals surface area contributed by atoms with Crippen molar-refractivity contribution < 1.29 is 9.84 Å². The first-order valence-corrected chi connectivity index (χ1v) is 10.3. The number of nitrogens with two attached hydrogens (primary N) is 1. The molecular formula is C23H32N4O2. The van der Waals surface area contributed by atoms with Crippen LogP contribution in [0.1, 0.15) is 29.5 Å². The lowest BCUT2D eigenvalue weighted by atomic mass is 10.0. The van der Waals surface area contributed by atoms with Gasteiger partial charge in [0, 0.05) is 26.2 Å². The molecule has 0 aromatic heterocycles. The van der Waals surface area contributed by atoms with Crippen molar-refractivity contribution in [3.63, 3.8) is 0 Å². The number of hydrogen-bond donors (Lipinski definition) is 3. The van der Waals surface area contributed by atoms with Crippen LogP contribution < -0.4 is 15.8 Å². The van der Waals surface area contributed by atoms with Crippen molar-refractivity contribution in [3.05, 3.63) is 65.2 Å². The van der Waals surface area contributed by atoms with E-state index in [-0.39, 0.29) is 6.10 Å². The van der Waals surface area contributed by atoms with E-state index in [1.807, 2.05) is 18.2 Å². The number of piperidine rings is 1. The number of aliphatic hydroxyl groups excluding tert-OH is 1. The average Bonchev–Trinajstić information content (AvgIpc) is 2.75. The van der Waals surface area contributed by atoms with Crippen LogP contribution in [0.3, 0.4) is 0 Å². The molecule has 1 saturated heterocycles. The van der Waals surface area contributed by atoms with Crippen LogP contribution in [0.15, 0.2) is 53.5 Å².